The van der Waals surface area contributed by atoms with Gasteiger partial charge in [-0.25, -0.2) is 4.99 Å². The quantitative estimate of drug-likeness (QED) is 0.382. The Labute approximate surface area is 82.1 Å². The van der Waals surface area contributed by atoms with Gasteiger partial charge >= 0.3 is 0 Å². The van der Waals surface area contributed by atoms with Gasteiger partial charge in [-0.05, 0) is 11.6 Å². The number of aromatic nitrogens is 1. The summed E-state index contributed by atoms with van der Waals surface area (Å²) in [6, 6.07) is 1.91. The van der Waals surface area contributed by atoms with E-state index in [2.05, 4.69) is 9.98 Å². The number of aliphatic imine (C=N–C) groups is 1. The van der Waals surface area contributed by atoms with Crippen molar-refractivity contribution in [1.29, 1.82) is 5.41 Å². The molecule has 0 amide bonds. The summed E-state index contributed by atoms with van der Waals surface area (Å²) in [7, 11) is 1.60. The summed E-state index contributed by atoms with van der Waals surface area (Å²) >= 11 is 0. The molecular formula is C8H14N6. The van der Waals surface area contributed by atoms with Gasteiger partial charge in [-0.2, -0.15) is 0 Å². The van der Waals surface area contributed by atoms with Crippen LogP contribution in [0.4, 0.5) is 0 Å². The van der Waals surface area contributed by atoms with E-state index in [-0.39, 0.29) is 11.9 Å². The normalized spacial score (nSPS) is 11.4. The van der Waals surface area contributed by atoms with E-state index in [0.29, 0.717) is 6.54 Å². The Balaban J connectivity index is 2.56. The molecule has 6 nitrogen and oxygen atoms in total. The van der Waals surface area contributed by atoms with Gasteiger partial charge in [0.15, 0.2) is 11.9 Å². The molecule has 0 aromatic carbocycles. The lowest BCUT2D eigenvalue weighted by atomic mass is 10.3. The first-order valence-corrected chi connectivity index (χ1v) is 4.10. The first-order valence-electron chi connectivity index (χ1n) is 4.10. The van der Waals surface area contributed by atoms with Crippen molar-refractivity contribution in [2.45, 2.75) is 6.54 Å². The summed E-state index contributed by atoms with van der Waals surface area (Å²) < 4.78 is 0. The molecule has 1 rings (SSSR count). The molecule has 0 spiro atoms. The number of nitrogens with zero attached hydrogens (tertiary/aromatic N) is 2. The van der Waals surface area contributed by atoms with Crippen LogP contribution in [0.15, 0.2) is 23.5 Å². The second-order valence-corrected chi connectivity index (χ2v) is 2.84. The van der Waals surface area contributed by atoms with Crippen LogP contribution in [0.2, 0.25) is 0 Å². The van der Waals surface area contributed by atoms with Crippen molar-refractivity contribution >= 4 is 11.9 Å². The lowest BCUT2D eigenvalue weighted by molar-refractivity contribution is 0.714. The molecule has 14 heavy (non-hydrogen) atoms. The van der Waals surface area contributed by atoms with Crippen molar-refractivity contribution in [3.05, 3.63) is 24.0 Å². The van der Waals surface area contributed by atoms with Gasteiger partial charge in [-0.15, -0.1) is 0 Å². The molecular weight excluding hydrogens is 180 g/mol. The fourth-order valence-electron chi connectivity index (χ4n) is 0.859. The number of nitrogens with two attached hydrogens (primary N) is 2. The molecule has 0 aliphatic carbocycles. The zero-order valence-corrected chi connectivity index (χ0v) is 7.99. The lowest BCUT2D eigenvalue weighted by Gasteiger charge is -2.14. The van der Waals surface area contributed by atoms with E-state index in [1.54, 1.807) is 7.05 Å². The summed E-state index contributed by atoms with van der Waals surface area (Å²) in [6.07, 6.45) is 3.65. The first-order chi connectivity index (χ1) is 6.61. The maximum Gasteiger partial charge on any atom is 0.198 e. The topological polar surface area (TPSA) is 107 Å². The van der Waals surface area contributed by atoms with Crippen LogP contribution in [0.25, 0.3) is 0 Å². The molecule has 1 aromatic rings. The SMILES string of the molecule is CN(C(=N)N)C(N)=NCc1cc[nH]c1. The number of hydrogen-bond donors (Lipinski definition) is 4. The Morgan fingerprint density at radius 3 is 2.86 bits per heavy atom. The molecule has 6 N–H and O–H groups in total. The largest absolute Gasteiger partial charge is 0.370 e. The zero-order chi connectivity index (χ0) is 10.6. The highest BCUT2D eigenvalue weighted by molar-refractivity contribution is 5.95. The molecule has 0 atom stereocenters. The average Bonchev–Trinajstić information content (AvgIpc) is 2.65. The van der Waals surface area contributed by atoms with Crippen LogP contribution in [-0.2, 0) is 6.54 Å². The zero-order valence-electron chi connectivity index (χ0n) is 7.99. The van der Waals surface area contributed by atoms with Crippen LogP contribution in [0.3, 0.4) is 0 Å². The third-order valence-electron chi connectivity index (χ3n) is 1.79. The van der Waals surface area contributed by atoms with E-state index in [1.165, 1.54) is 4.90 Å². The predicted octanol–water partition coefficient (Wildman–Crippen LogP) is -0.345. The van der Waals surface area contributed by atoms with Gasteiger partial charge in [0.1, 0.15) is 0 Å². The van der Waals surface area contributed by atoms with Crippen molar-refractivity contribution in [2.75, 3.05) is 7.05 Å². The summed E-state index contributed by atoms with van der Waals surface area (Å²) in [6.45, 7) is 0.479. The smallest absolute Gasteiger partial charge is 0.198 e. The molecule has 0 fully saturated rings. The van der Waals surface area contributed by atoms with E-state index < -0.39 is 0 Å². The van der Waals surface area contributed by atoms with Gasteiger partial charge in [0, 0.05) is 19.4 Å². The molecule has 76 valence electrons. The maximum atomic E-state index is 7.12. The Morgan fingerprint density at radius 1 is 1.64 bits per heavy atom. The Bertz CT molecular complexity index is 326. The Hall–Kier alpha value is -1.98. The van der Waals surface area contributed by atoms with Gasteiger partial charge in [-0.3, -0.25) is 10.3 Å². The summed E-state index contributed by atoms with van der Waals surface area (Å²) in [5.74, 6) is 0.110. The van der Waals surface area contributed by atoms with Crippen LogP contribution < -0.4 is 11.5 Å². The standard InChI is InChI=1S/C8H14N6/c1-14(7(9)10)8(11)13-5-6-2-3-12-4-6/h2-4,12H,5H2,1H3,(H3,9,10)(H2,11,13). The Morgan fingerprint density at radius 2 is 2.36 bits per heavy atom. The highest BCUT2D eigenvalue weighted by Crippen LogP contribution is 1.98. The number of rotatable bonds is 2. The molecule has 6 heteroatoms. The fraction of sp³-hybridized carbons (Fsp3) is 0.250. The van der Waals surface area contributed by atoms with Crippen LogP contribution in [0, 0.1) is 5.41 Å². The minimum Gasteiger partial charge on any atom is -0.370 e. The van der Waals surface area contributed by atoms with E-state index in [0.717, 1.165) is 5.56 Å². The summed E-state index contributed by atoms with van der Waals surface area (Å²) in [5.41, 5.74) is 11.8. The highest BCUT2D eigenvalue weighted by atomic mass is 15.3. The van der Waals surface area contributed by atoms with Crippen molar-refractivity contribution in [3.8, 4) is 0 Å². The molecule has 1 heterocycles. The second-order valence-electron chi connectivity index (χ2n) is 2.84. The third kappa shape index (κ3) is 2.51. The maximum absolute atomic E-state index is 7.12. The molecule has 0 saturated heterocycles. The second kappa shape index (κ2) is 4.31. The van der Waals surface area contributed by atoms with Crippen LogP contribution in [0.1, 0.15) is 5.56 Å². The summed E-state index contributed by atoms with van der Waals surface area (Å²) in [4.78, 5) is 8.29. The number of hydrogen-bond acceptors (Lipinski definition) is 2. The minimum atomic E-state index is -0.125. The van der Waals surface area contributed by atoms with Crippen molar-refractivity contribution < 1.29 is 0 Å². The van der Waals surface area contributed by atoms with Gasteiger partial charge in [0.2, 0.25) is 0 Å². The number of H-pyrrole nitrogens is 1. The monoisotopic (exact) mass is 194 g/mol. The molecule has 0 aliphatic heterocycles. The van der Waals surface area contributed by atoms with Crippen molar-refractivity contribution in [3.63, 3.8) is 0 Å². The Kier molecular flexibility index (Phi) is 3.11. The average molecular weight is 194 g/mol. The first kappa shape index (κ1) is 10.1. The number of guanidine groups is 2. The van der Waals surface area contributed by atoms with E-state index in [4.69, 9.17) is 16.9 Å². The molecule has 0 unspecified atom stereocenters. The highest BCUT2D eigenvalue weighted by Gasteiger charge is 2.03. The molecule has 0 bridgehead atoms. The summed E-state index contributed by atoms with van der Waals surface area (Å²) in [5, 5.41) is 7.12. The fourth-order valence-corrected chi connectivity index (χ4v) is 0.859. The molecule has 1 aromatic heterocycles. The van der Waals surface area contributed by atoms with E-state index in [9.17, 15) is 0 Å². The molecule has 0 aliphatic rings. The van der Waals surface area contributed by atoms with Crippen LogP contribution in [0.5, 0.6) is 0 Å². The van der Waals surface area contributed by atoms with E-state index >= 15 is 0 Å². The number of nitrogens with one attached hydrogen (secondary N) is 2. The van der Waals surface area contributed by atoms with Gasteiger partial charge in [0.05, 0.1) is 6.54 Å². The van der Waals surface area contributed by atoms with Gasteiger partial charge in [0.25, 0.3) is 0 Å². The van der Waals surface area contributed by atoms with Crippen molar-refractivity contribution in [1.82, 2.24) is 9.88 Å². The lowest BCUT2D eigenvalue weighted by Crippen LogP contribution is -2.42. The van der Waals surface area contributed by atoms with Crippen LogP contribution in [-0.4, -0.2) is 28.9 Å². The van der Waals surface area contributed by atoms with E-state index in [1.807, 2.05) is 18.5 Å². The third-order valence-corrected chi connectivity index (χ3v) is 1.79. The minimum absolute atomic E-state index is 0.125. The van der Waals surface area contributed by atoms with Crippen molar-refractivity contribution in [2.24, 2.45) is 16.5 Å². The van der Waals surface area contributed by atoms with Gasteiger partial charge in [-0.1, -0.05) is 0 Å². The predicted molar refractivity (Wildman–Crippen MR) is 55.8 cm³/mol. The molecule has 0 radical (unpaired) electrons. The molecule has 0 saturated carbocycles. The van der Waals surface area contributed by atoms with Crippen LogP contribution >= 0.6 is 0 Å². The van der Waals surface area contributed by atoms with Gasteiger partial charge < -0.3 is 16.5 Å². The number of aromatic amines is 1.